The van der Waals surface area contributed by atoms with Crippen molar-refractivity contribution in [2.45, 2.75) is 27.7 Å². The number of nitrogens with one attached hydrogen (secondary N) is 2. The highest BCUT2D eigenvalue weighted by Crippen LogP contribution is 2.08. The summed E-state index contributed by atoms with van der Waals surface area (Å²) in [5, 5.41) is 5.35. The summed E-state index contributed by atoms with van der Waals surface area (Å²) in [5.41, 5.74) is 5.52. The van der Waals surface area contributed by atoms with Crippen LogP contribution in [0, 0.1) is 17.8 Å². The normalized spacial score (nSPS) is 12.6. The third-order valence-corrected chi connectivity index (χ3v) is 2.53. The van der Waals surface area contributed by atoms with Crippen LogP contribution < -0.4 is 16.4 Å². The molecule has 0 aliphatic heterocycles. The summed E-state index contributed by atoms with van der Waals surface area (Å²) in [7, 11) is 0. The predicted octanol–water partition coefficient (Wildman–Crippen LogP) is 0.106. The van der Waals surface area contributed by atoms with Gasteiger partial charge in [-0.05, 0) is 11.8 Å². The van der Waals surface area contributed by atoms with Crippen LogP contribution >= 0.6 is 0 Å². The van der Waals surface area contributed by atoms with Crippen molar-refractivity contribution in [3.05, 3.63) is 0 Å². The van der Waals surface area contributed by atoms with Crippen LogP contribution in [0.4, 0.5) is 0 Å². The van der Waals surface area contributed by atoms with Gasteiger partial charge in [0.1, 0.15) is 0 Å². The van der Waals surface area contributed by atoms with Gasteiger partial charge in [-0.15, -0.1) is 0 Å². The molecule has 0 aromatic rings. The third-order valence-electron chi connectivity index (χ3n) is 2.53. The fraction of sp³-hybridized carbons (Fsp3) is 0.833. The Labute approximate surface area is 104 Å². The van der Waals surface area contributed by atoms with E-state index in [9.17, 15) is 9.59 Å². The smallest absolute Gasteiger partial charge is 0.239 e. The van der Waals surface area contributed by atoms with Crippen LogP contribution in [-0.2, 0) is 9.59 Å². The monoisotopic (exact) mass is 243 g/mol. The summed E-state index contributed by atoms with van der Waals surface area (Å²) in [6.07, 6.45) is 0. The number of rotatable bonds is 7. The van der Waals surface area contributed by atoms with E-state index in [0.717, 1.165) is 0 Å². The van der Waals surface area contributed by atoms with E-state index in [4.69, 9.17) is 5.73 Å². The summed E-state index contributed by atoms with van der Waals surface area (Å²) in [6.45, 7) is 8.86. The molecule has 0 fully saturated rings. The van der Waals surface area contributed by atoms with Gasteiger partial charge in [0, 0.05) is 13.1 Å². The first-order valence-electron chi connectivity index (χ1n) is 6.13. The van der Waals surface area contributed by atoms with Gasteiger partial charge in [-0.1, -0.05) is 27.7 Å². The van der Waals surface area contributed by atoms with Gasteiger partial charge in [0.15, 0.2) is 0 Å². The second-order valence-corrected chi connectivity index (χ2v) is 5.00. The molecule has 0 aliphatic carbocycles. The van der Waals surface area contributed by atoms with Gasteiger partial charge in [0.05, 0.1) is 12.5 Å². The van der Waals surface area contributed by atoms with E-state index in [2.05, 4.69) is 10.6 Å². The molecule has 1 unspecified atom stereocenters. The largest absolute Gasteiger partial charge is 0.354 e. The van der Waals surface area contributed by atoms with Crippen LogP contribution in [0.15, 0.2) is 0 Å². The molecule has 2 amide bonds. The highest BCUT2D eigenvalue weighted by atomic mass is 16.2. The number of nitrogens with two attached hydrogens (primary N) is 1. The van der Waals surface area contributed by atoms with E-state index in [1.54, 1.807) is 0 Å². The van der Waals surface area contributed by atoms with Gasteiger partial charge in [-0.3, -0.25) is 9.59 Å². The zero-order valence-corrected chi connectivity index (χ0v) is 11.2. The lowest BCUT2D eigenvalue weighted by atomic mass is 9.95. The molecule has 17 heavy (non-hydrogen) atoms. The predicted molar refractivity (Wildman–Crippen MR) is 68.2 cm³/mol. The quantitative estimate of drug-likeness (QED) is 0.593. The van der Waals surface area contributed by atoms with E-state index in [-0.39, 0.29) is 30.2 Å². The van der Waals surface area contributed by atoms with Gasteiger partial charge >= 0.3 is 0 Å². The third kappa shape index (κ3) is 6.94. The average molecular weight is 243 g/mol. The van der Waals surface area contributed by atoms with Crippen molar-refractivity contribution in [1.29, 1.82) is 0 Å². The van der Waals surface area contributed by atoms with E-state index in [0.29, 0.717) is 19.0 Å². The first-order valence-corrected chi connectivity index (χ1v) is 6.13. The SMILES string of the molecule is CC(C)CNC(=O)CNC(=O)C(CN)C(C)C. The number of carbonyl (C=O) groups is 2. The molecule has 0 bridgehead atoms. The molecule has 1 atom stereocenters. The van der Waals surface area contributed by atoms with Gasteiger partial charge < -0.3 is 16.4 Å². The lowest BCUT2D eigenvalue weighted by Crippen LogP contribution is -2.43. The standard InChI is InChI=1S/C12H25N3O2/c1-8(2)6-14-11(16)7-15-12(17)10(5-13)9(3)4/h8-10H,5-7,13H2,1-4H3,(H,14,16)(H,15,17). The average Bonchev–Trinajstić information content (AvgIpc) is 2.23. The summed E-state index contributed by atoms with van der Waals surface area (Å²) < 4.78 is 0. The molecule has 0 aromatic heterocycles. The van der Waals surface area contributed by atoms with Gasteiger partial charge in [0.2, 0.25) is 11.8 Å². The topological polar surface area (TPSA) is 84.2 Å². The maximum Gasteiger partial charge on any atom is 0.239 e. The van der Waals surface area contributed by atoms with E-state index < -0.39 is 0 Å². The minimum absolute atomic E-state index is 0.0226. The Morgan fingerprint density at radius 1 is 1.12 bits per heavy atom. The fourth-order valence-corrected chi connectivity index (χ4v) is 1.36. The van der Waals surface area contributed by atoms with Crippen molar-refractivity contribution in [3.8, 4) is 0 Å². The Bertz CT molecular complexity index is 252. The molecule has 0 heterocycles. The van der Waals surface area contributed by atoms with Crippen molar-refractivity contribution in [2.75, 3.05) is 19.6 Å². The van der Waals surface area contributed by atoms with Crippen molar-refractivity contribution >= 4 is 11.8 Å². The molecule has 0 saturated carbocycles. The molecule has 0 aromatic carbocycles. The van der Waals surface area contributed by atoms with Crippen molar-refractivity contribution in [1.82, 2.24) is 10.6 Å². The lowest BCUT2D eigenvalue weighted by Gasteiger charge is -2.18. The molecular formula is C12H25N3O2. The molecule has 100 valence electrons. The number of hydrogen-bond donors (Lipinski definition) is 3. The molecule has 5 heteroatoms. The maximum absolute atomic E-state index is 11.7. The summed E-state index contributed by atoms with van der Waals surface area (Å²) in [4.78, 5) is 23.1. The highest BCUT2D eigenvalue weighted by molar-refractivity contribution is 5.85. The van der Waals surface area contributed by atoms with Crippen LogP contribution in [0.3, 0.4) is 0 Å². The zero-order valence-electron chi connectivity index (χ0n) is 11.2. The van der Waals surface area contributed by atoms with E-state index in [1.165, 1.54) is 0 Å². The number of amides is 2. The summed E-state index contributed by atoms with van der Waals surface area (Å²) in [6, 6.07) is 0. The van der Waals surface area contributed by atoms with Crippen LogP contribution in [0.2, 0.25) is 0 Å². The Hall–Kier alpha value is -1.10. The molecule has 0 spiro atoms. The van der Waals surface area contributed by atoms with Gasteiger partial charge in [-0.25, -0.2) is 0 Å². The summed E-state index contributed by atoms with van der Waals surface area (Å²) >= 11 is 0. The minimum atomic E-state index is -0.229. The van der Waals surface area contributed by atoms with Crippen LogP contribution in [0.25, 0.3) is 0 Å². The summed E-state index contributed by atoms with van der Waals surface area (Å²) in [5.74, 6) is 0.0440. The van der Waals surface area contributed by atoms with Crippen LogP contribution in [-0.4, -0.2) is 31.4 Å². The zero-order chi connectivity index (χ0) is 13.4. The maximum atomic E-state index is 11.7. The van der Waals surface area contributed by atoms with Crippen molar-refractivity contribution < 1.29 is 9.59 Å². The molecular weight excluding hydrogens is 218 g/mol. The Kier molecular flexibility index (Phi) is 7.54. The van der Waals surface area contributed by atoms with Gasteiger partial charge in [-0.2, -0.15) is 0 Å². The molecule has 4 N–H and O–H groups in total. The number of carbonyl (C=O) groups excluding carboxylic acids is 2. The van der Waals surface area contributed by atoms with E-state index >= 15 is 0 Å². The van der Waals surface area contributed by atoms with Crippen LogP contribution in [0.5, 0.6) is 0 Å². The fourth-order valence-electron chi connectivity index (χ4n) is 1.36. The Morgan fingerprint density at radius 2 is 1.71 bits per heavy atom. The first kappa shape index (κ1) is 15.9. The van der Waals surface area contributed by atoms with E-state index in [1.807, 2.05) is 27.7 Å². The lowest BCUT2D eigenvalue weighted by molar-refractivity contribution is -0.129. The molecule has 0 radical (unpaired) electrons. The minimum Gasteiger partial charge on any atom is -0.354 e. The number of hydrogen-bond acceptors (Lipinski definition) is 3. The van der Waals surface area contributed by atoms with Crippen LogP contribution in [0.1, 0.15) is 27.7 Å². The molecule has 0 rings (SSSR count). The van der Waals surface area contributed by atoms with Crippen molar-refractivity contribution in [2.24, 2.45) is 23.5 Å². The highest BCUT2D eigenvalue weighted by Gasteiger charge is 2.20. The first-order chi connectivity index (χ1) is 7.88. The second kappa shape index (κ2) is 8.06. The van der Waals surface area contributed by atoms with Gasteiger partial charge in [0.25, 0.3) is 0 Å². The van der Waals surface area contributed by atoms with Crippen molar-refractivity contribution in [3.63, 3.8) is 0 Å². The molecule has 0 aliphatic rings. The molecule has 5 nitrogen and oxygen atoms in total. The second-order valence-electron chi connectivity index (χ2n) is 5.00. The Balaban J connectivity index is 3.94. The Morgan fingerprint density at radius 3 is 2.12 bits per heavy atom. The molecule has 0 saturated heterocycles.